The number of nitrogens with zero attached hydrogens (tertiary/aromatic N) is 1. The van der Waals surface area contributed by atoms with E-state index in [9.17, 15) is 10.1 Å². The van der Waals surface area contributed by atoms with Crippen molar-refractivity contribution in [1.82, 2.24) is 0 Å². The summed E-state index contributed by atoms with van der Waals surface area (Å²) in [6.07, 6.45) is 0.664. The van der Waals surface area contributed by atoms with E-state index in [0.29, 0.717) is 6.42 Å². The number of nitro groups is 1. The van der Waals surface area contributed by atoms with Crippen molar-refractivity contribution in [3.63, 3.8) is 0 Å². The standard InChI is InChI=1S/C5H11NO3/c1-2-5(4-7)3-6(8)9/h5,7H,2-4H2,1H3. The highest BCUT2D eigenvalue weighted by Crippen LogP contribution is 1.99. The maximum absolute atomic E-state index is 9.82. The van der Waals surface area contributed by atoms with Crippen LogP contribution in [0.1, 0.15) is 13.3 Å². The molecule has 0 amide bonds. The first-order chi connectivity index (χ1) is 4.20. The summed E-state index contributed by atoms with van der Waals surface area (Å²) in [6.45, 7) is 1.62. The quantitative estimate of drug-likeness (QED) is 0.442. The van der Waals surface area contributed by atoms with Gasteiger partial charge in [0.2, 0.25) is 6.54 Å². The Morgan fingerprint density at radius 2 is 2.33 bits per heavy atom. The van der Waals surface area contributed by atoms with E-state index in [1.165, 1.54) is 0 Å². The second kappa shape index (κ2) is 4.26. The Balaban J connectivity index is 3.43. The third kappa shape index (κ3) is 3.90. The van der Waals surface area contributed by atoms with E-state index in [1.54, 1.807) is 0 Å². The van der Waals surface area contributed by atoms with Gasteiger partial charge >= 0.3 is 0 Å². The summed E-state index contributed by atoms with van der Waals surface area (Å²) in [7, 11) is 0. The Hall–Kier alpha value is -0.640. The molecule has 1 unspecified atom stereocenters. The predicted molar refractivity (Wildman–Crippen MR) is 32.7 cm³/mol. The largest absolute Gasteiger partial charge is 0.396 e. The van der Waals surface area contributed by atoms with Crippen LogP contribution >= 0.6 is 0 Å². The summed E-state index contributed by atoms with van der Waals surface area (Å²) >= 11 is 0. The van der Waals surface area contributed by atoms with Crippen molar-refractivity contribution >= 4 is 0 Å². The number of hydrogen-bond acceptors (Lipinski definition) is 3. The minimum atomic E-state index is -0.398. The molecule has 0 aliphatic heterocycles. The van der Waals surface area contributed by atoms with E-state index >= 15 is 0 Å². The van der Waals surface area contributed by atoms with Crippen molar-refractivity contribution in [2.45, 2.75) is 13.3 Å². The fourth-order valence-electron chi connectivity index (χ4n) is 0.527. The van der Waals surface area contributed by atoms with Crippen molar-refractivity contribution in [3.05, 3.63) is 10.1 Å². The molecule has 0 aliphatic carbocycles. The van der Waals surface area contributed by atoms with Crippen LogP contribution in [0.3, 0.4) is 0 Å². The normalized spacial score (nSPS) is 13.1. The molecule has 0 aliphatic rings. The van der Waals surface area contributed by atoms with Gasteiger partial charge in [-0.1, -0.05) is 6.92 Å². The zero-order chi connectivity index (χ0) is 7.28. The molecule has 0 bridgehead atoms. The second-order valence-electron chi connectivity index (χ2n) is 1.97. The van der Waals surface area contributed by atoms with Crippen LogP contribution in [-0.2, 0) is 0 Å². The van der Waals surface area contributed by atoms with Crippen LogP contribution in [-0.4, -0.2) is 23.2 Å². The van der Waals surface area contributed by atoms with Crippen molar-refractivity contribution in [1.29, 1.82) is 0 Å². The molecule has 54 valence electrons. The van der Waals surface area contributed by atoms with Gasteiger partial charge in [-0.15, -0.1) is 0 Å². The van der Waals surface area contributed by atoms with Crippen molar-refractivity contribution in [2.24, 2.45) is 5.92 Å². The van der Waals surface area contributed by atoms with Gasteiger partial charge in [0.25, 0.3) is 0 Å². The SMILES string of the molecule is CCC(CO)C[N+](=O)[O-]. The lowest BCUT2D eigenvalue weighted by Gasteiger charge is -2.03. The molecule has 4 nitrogen and oxygen atoms in total. The first-order valence-electron chi connectivity index (χ1n) is 2.93. The van der Waals surface area contributed by atoms with E-state index in [1.807, 2.05) is 6.92 Å². The Kier molecular flexibility index (Phi) is 3.96. The molecule has 9 heavy (non-hydrogen) atoms. The second-order valence-corrected chi connectivity index (χ2v) is 1.97. The molecule has 0 rings (SSSR count). The maximum atomic E-state index is 9.82. The van der Waals surface area contributed by atoms with Gasteiger partial charge in [0.05, 0.1) is 6.61 Å². The minimum Gasteiger partial charge on any atom is -0.396 e. The van der Waals surface area contributed by atoms with Gasteiger partial charge in [-0.2, -0.15) is 0 Å². The highest BCUT2D eigenvalue weighted by Gasteiger charge is 2.10. The lowest BCUT2D eigenvalue weighted by molar-refractivity contribution is -0.488. The molecular weight excluding hydrogens is 122 g/mol. The van der Waals surface area contributed by atoms with Gasteiger partial charge in [0.15, 0.2) is 0 Å². The Morgan fingerprint density at radius 1 is 1.78 bits per heavy atom. The summed E-state index contributed by atoms with van der Waals surface area (Å²) in [6, 6.07) is 0. The molecular formula is C5H11NO3. The van der Waals surface area contributed by atoms with Gasteiger partial charge in [0.1, 0.15) is 0 Å². The number of aliphatic hydroxyl groups excluding tert-OH is 1. The fourth-order valence-corrected chi connectivity index (χ4v) is 0.527. The van der Waals surface area contributed by atoms with Gasteiger partial charge in [-0.05, 0) is 6.42 Å². The van der Waals surface area contributed by atoms with E-state index in [2.05, 4.69) is 0 Å². The molecule has 4 heteroatoms. The van der Waals surface area contributed by atoms with Crippen molar-refractivity contribution in [2.75, 3.05) is 13.2 Å². The average Bonchev–Trinajstić information content (AvgIpc) is 1.82. The zero-order valence-electron chi connectivity index (χ0n) is 5.41. The summed E-state index contributed by atoms with van der Waals surface area (Å²) in [5.41, 5.74) is 0. The topological polar surface area (TPSA) is 63.4 Å². The van der Waals surface area contributed by atoms with Gasteiger partial charge < -0.3 is 5.11 Å². The number of rotatable bonds is 4. The van der Waals surface area contributed by atoms with Crippen LogP contribution in [0.4, 0.5) is 0 Å². The average molecular weight is 133 g/mol. The molecule has 0 heterocycles. The third-order valence-corrected chi connectivity index (χ3v) is 1.24. The van der Waals surface area contributed by atoms with Crippen LogP contribution in [0, 0.1) is 16.0 Å². The summed E-state index contributed by atoms with van der Waals surface area (Å²) in [4.78, 5) is 9.42. The van der Waals surface area contributed by atoms with Gasteiger partial charge in [-0.3, -0.25) is 10.1 Å². The van der Waals surface area contributed by atoms with Crippen LogP contribution in [0.2, 0.25) is 0 Å². The van der Waals surface area contributed by atoms with Crippen LogP contribution in [0.5, 0.6) is 0 Å². The summed E-state index contributed by atoms with van der Waals surface area (Å²) in [5.74, 6) is -0.167. The fraction of sp³-hybridized carbons (Fsp3) is 1.00. The molecule has 1 atom stereocenters. The molecule has 0 spiro atoms. The highest BCUT2D eigenvalue weighted by atomic mass is 16.6. The van der Waals surface area contributed by atoms with E-state index in [-0.39, 0.29) is 19.1 Å². The molecule has 0 fully saturated rings. The Bertz CT molecular complexity index is 90.2. The van der Waals surface area contributed by atoms with Crippen LogP contribution in [0.25, 0.3) is 0 Å². The van der Waals surface area contributed by atoms with E-state index in [0.717, 1.165) is 0 Å². The zero-order valence-corrected chi connectivity index (χ0v) is 5.41. The summed E-state index contributed by atoms with van der Waals surface area (Å²) in [5, 5.41) is 18.3. The first-order valence-corrected chi connectivity index (χ1v) is 2.93. The van der Waals surface area contributed by atoms with Gasteiger partial charge in [0, 0.05) is 10.8 Å². The summed E-state index contributed by atoms with van der Waals surface area (Å²) < 4.78 is 0. The lowest BCUT2D eigenvalue weighted by atomic mass is 10.1. The minimum absolute atomic E-state index is 0.0858. The highest BCUT2D eigenvalue weighted by molar-refractivity contribution is 4.50. The molecule has 0 radical (unpaired) electrons. The third-order valence-electron chi connectivity index (χ3n) is 1.24. The van der Waals surface area contributed by atoms with Crippen molar-refractivity contribution < 1.29 is 10.0 Å². The smallest absolute Gasteiger partial charge is 0.208 e. The molecule has 0 saturated carbocycles. The molecule has 0 aromatic heterocycles. The molecule has 0 aromatic carbocycles. The predicted octanol–water partition coefficient (Wildman–Crippen LogP) is 0.282. The van der Waals surface area contributed by atoms with Crippen LogP contribution < -0.4 is 0 Å². The van der Waals surface area contributed by atoms with Gasteiger partial charge in [-0.25, -0.2) is 0 Å². The van der Waals surface area contributed by atoms with Crippen molar-refractivity contribution in [3.8, 4) is 0 Å². The first kappa shape index (κ1) is 8.36. The molecule has 0 saturated heterocycles. The van der Waals surface area contributed by atoms with E-state index < -0.39 is 4.92 Å². The Morgan fingerprint density at radius 3 is 2.44 bits per heavy atom. The monoisotopic (exact) mass is 133 g/mol. The maximum Gasteiger partial charge on any atom is 0.208 e. The number of aliphatic hydroxyl groups is 1. The van der Waals surface area contributed by atoms with Crippen LogP contribution in [0.15, 0.2) is 0 Å². The lowest BCUT2D eigenvalue weighted by Crippen LogP contribution is -2.16. The molecule has 0 aromatic rings. The Labute approximate surface area is 53.6 Å². The number of hydrogen-bond donors (Lipinski definition) is 1. The van der Waals surface area contributed by atoms with E-state index in [4.69, 9.17) is 5.11 Å². The molecule has 1 N–H and O–H groups in total.